The minimum absolute atomic E-state index is 0.118. The third-order valence-corrected chi connectivity index (χ3v) is 3.83. The second kappa shape index (κ2) is 7.45. The van der Waals surface area contributed by atoms with Gasteiger partial charge in [0.25, 0.3) is 0 Å². The maximum atomic E-state index is 9.84. The molecular weight excluding hydrogens is 304 g/mol. The smallest absolute Gasteiger partial charge is 0.189 e. The van der Waals surface area contributed by atoms with E-state index in [1.807, 2.05) is 0 Å². The monoisotopic (exact) mass is 326 g/mol. The highest BCUT2D eigenvalue weighted by molar-refractivity contribution is 4.90. The van der Waals surface area contributed by atoms with Gasteiger partial charge in [0.1, 0.15) is 36.6 Å². The standard InChI is InChI=1S/C12H22O10/c13-2-6-4(15)1-5(16)11(20-6)22-12-10(19)9(18)8(17)7(3-14)21-12/h4-19H,1-3H2/t4-,5?,6?,7?,8+,9+,10?,11+,12+/m0/s1. The highest BCUT2D eigenvalue weighted by Crippen LogP contribution is 2.27. The molecule has 2 fully saturated rings. The summed E-state index contributed by atoms with van der Waals surface area (Å²) in [5.41, 5.74) is 0. The Bertz CT molecular complexity index is 353. The van der Waals surface area contributed by atoms with E-state index in [1.54, 1.807) is 0 Å². The van der Waals surface area contributed by atoms with Crippen LogP contribution < -0.4 is 0 Å². The molecule has 2 heterocycles. The van der Waals surface area contributed by atoms with Gasteiger partial charge in [0.15, 0.2) is 12.6 Å². The van der Waals surface area contributed by atoms with Crippen molar-refractivity contribution in [1.29, 1.82) is 0 Å². The van der Waals surface area contributed by atoms with E-state index in [0.29, 0.717) is 0 Å². The number of aliphatic hydroxyl groups is 7. The maximum Gasteiger partial charge on any atom is 0.189 e. The molecule has 22 heavy (non-hydrogen) atoms. The average molecular weight is 326 g/mol. The second-order valence-corrected chi connectivity index (χ2v) is 5.43. The fourth-order valence-corrected chi connectivity index (χ4v) is 2.46. The molecule has 0 aliphatic carbocycles. The molecule has 0 spiro atoms. The van der Waals surface area contributed by atoms with Crippen LogP contribution >= 0.6 is 0 Å². The number of ether oxygens (including phenoxy) is 3. The molecule has 9 atom stereocenters. The van der Waals surface area contributed by atoms with Crippen molar-refractivity contribution in [2.45, 2.75) is 61.7 Å². The van der Waals surface area contributed by atoms with Crippen LogP contribution in [0.1, 0.15) is 6.42 Å². The van der Waals surface area contributed by atoms with Crippen LogP contribution in [0.15, 0.2) is 0 Å². The van der Waals surface area contributed by atoms with Gasteiger partial charge in [-0.25, -0.2) is 0 Å². The quantitative estimate of drug-likeness (QED) is 0.268. The number of hydrogen-bond donors (Lipinski definition) is 7. The van der Waals surface area contributed by atoms with Crippen LogP contribution in [0.25, 0.3) is 0 Å². The van der Waals surface area contributed by atoms with E-state index >= 15 is 0 Å². The number of rotatable bonds is 4. The Morgan fingerprint density at radius 1 is 0.727 bits per heavy atom. The van der Waals surface area contributed by atoms with Crippen LogP contribution in [0.3, 0.4) is 0 Å². The van der Waals surface area contributed by atoms with Crippen molar-refractivity contribution >= 4 is 0 Å². The van der Waals surface area contributed by atoms with E-state index < -0.39 is 68.5 Å². The van der Waals surface area contributed by atoms with Crippen LogP contribution in [0.5, 0.6) is 0 Å². The number of aliphatic hydroxyl groups excluding tert-OH is 7. The molecule has 0 aromatic carbocycles. The first kappa shape index (κ1) is 17.9. The molecule has 2 saturated heterocycles. The maximum absolute atomic E-state index is 9.84. The second-order valence-electron chi connectivity index (χ2n) is 5.43. The van der Waals surface area contributed by atoms with Gasteiger partial charge in [-0.2, -0.15) is 0 Å². The van der Waals surface area contributed by atoms with Crippen molar-refractivity contribution in [1.82, 2.24) is 0 Å². The molecule has 130 valence electrons. The molecule has 0 aromatic rings. The third kappa shape index (κ3) is 3.57. The van der Waals surface area contributed by atoms with Crippen LogP contribution in [-0.4, -0.2) is 104 Å². The molecule has 0 aromatic heterocycles. The summed E-state index contributed by atoms with van der Waals surface area (Å²) in [5, 5.41) is 66.7. The zero-order valence-corrected chi connectivity index (χ0v) is 11.7. The van der Waals surface area contributed by atoms with Crippen LogP contribution in [0, 0.1) is 0 Å². The first-order valence-corrected chi connectivity index (χ1v) is 6.97. The minimum atomic E-state index is -1.63. The highest BCUT2D eigenvalue weighted by Gasteiger charge is 2.47. The summed E-state index contributed by atoms with van der Waals surface area (Å²) < 4.78 is 15.5. The van der Waals surface area contributed by atoms with Gasteiger partial charge in [0, 0.05) is 6.42 Å². The summed E-state index contributed by atoms with van der Waals surface area (Å²) in [6.07, 6.45) is -12.1. The van der Waals surface area contributed by atoms with Crippen molar-refractivity contribution < 1.29 is 50.0 Å². The lowest BCUT2D eigenvalue weighted by molar-refractivity contribution is -0.366. The van der Waals surface area contributed by atoms with E-state index in [2.05, 4.69) is 0 Å². The summed E-state index contributed by atoms with van der Waals surface area (Å²) in [6, 6.07) is 0. The lowest BCUT2D eigenvalue weighted by Crippen LogP contribution is -2.61. The largest absolute Gasteiger partial charge is 0.394 e. The molecule has 0 bridgehead atoms. The van der Waals surface area contributed by atoms with Crippen molar-refractivity contribution in [3.8, 4) is 0 Å². The minimum Gasteiger partial charge on any atom is -0.394 e. The summed E-state index contributed by atoms with van der Waals surface area (Å²) in [5.74, 6) is 0. The zero-order chi connectivity index (χ0) is 16.4. The van der Waals surface area contributed by atoms with E-state index in [9.17, 15) is 25.5 Å². The van der Waals surface area contributed by atoms with E-state index in [4.69, 9.17) is 24.4 Å². The predicted molar refractivity (Wildman–Crippen MR) is 67.2 cm³/mol. The first-order chi connectivity index (χ1) is 10.4. The van der Waals surface area contributed by atoms with Crippen molar-refractivity contribution in [3.63, 3.8) is 0 Å². The summed E-state index contributed by atoms with van der Waals surface area (Å²) >= 11 is 0. The topological polar surface area (TPSA) is 169 Å². The zero-order valence-electron chi connectivity index (χ0n) is 11.7. The van der Waals surface area contributed by atoms with Crippen LogP contribution in [0.4, 0.5) is 0 Å². The highest BCUT2D eigenvalue weighted by atomic mass is 16.8. The Kier molecular flexibility index (Phi) is 6.07. The summed E-state index contributed by atoms with van der Waals surface area (Å²) in [7, 11) is 0. The fraction of sp³-hybridized carbons (Fsp3) is 1.00. The molecule has 4 unspecified atom stereocenters. The van der Waals surface area contributed by atoms with E-state index in [0.717, 1.165) is 0 Å². The lowest BCUT2D eigenvalue weighted by atomic mass is 9.99. The van der Waals surface area contributed by atoms with E-state index in [1.165, 1.54) is 0 Å². The van der Waals surface area contributed by atoms with Gasteiger partial charge in [-0.3, -0.25) is 0 Å². The van der Waals surface area contributed by atoms with Gasteiger partial charge in [-0.05, 0) is 0 Å². The van der Waals surface area contributed by atoms with Gasteiger partial charge in [-0.15, -0.1) is 0 Å². The van der Waals surface area contributed by atoms with E-state index in [-0.39, 0.29) is 6.42 Å². The van der Waals surface area contributed by atoms with Crippen LogP contribution in [-0.2, 0) is 14.2 Å². The fourth-order valence-electron chi connectivity index (χ4n) is 2.46. The lowest BCUT2D eigenvalue weighted by Gasteiger charge is -2.43. The molecule has 0 radical (unpaired) electrons. The molecular formula is C12H22O10. The van der Waals surface area contributed by atoms with Crippen molar-refractivity contribution in [2.75, 3.05) is 13.2 Å². The van der Waals surface area contributed by atoms with Gasteiger partial charge in [-0.1, -0.05) is 0 Å². The van der Waals surface area contributed by atoms with Gasteiger partial charge < -0.3 is 50.0 Å². The molecule has 2 rings (SSSR count). The first-order valence-electron chi connectivity index (χ1n) is 6.97. The van der Waals surface area contributed by atoms with Gasteiger partial charge in [0.2, 0.25) is 0 Å². The molecule has 7 N–H and O–H groups in total. The van der Waals surface area contributed by atoms with Crippen molar-refractivity contribution in [3.05, 3.63) is 0 Å². The molecule has 10 nitrogen and oxygen atoms in total. The van der Waals surface area contributed by atoms with Crippen molar-refractivity contribution in [2.24, 2.45) is 0 Å². The SMILES string of the molecule is OCC1O[C@H](O[C@H]2OC(CO)[C@@H](O)CC2O)C(O)[C@H](O)[C@@H]1O. The Hall–Kier alpha value is -0.400. The summed E-state index contributed by atoms with van der Waals surface area (Å²) in [6.45, 7) is -1.11. The third-order valence-electron chi connectivity index (χ3n) is 3.83. The Balaban J connectivity index is 2.02. The molecule has 2 aliphatic rings. The van der Waals surface area contributed by atoms with Gasteiger partial charge >= 0.3 is 0 Å². The average Bonchev–Trinajstić information content (AvgIpc) is 2.50. The van der Waals surface area contributed by atoms with Gasteiger partial charge in [0.05, 0.1) is 19.3 Å². The Morgan fingerprint density at radius 2 is 1.32 bits per heavy atom. The van der Waals surface area contributed by atoms with Crippen LogP contribution in [0.2, 0.25) is 0 Å². The Morgan fingerprint density at radius 3 is 1.91 bits per heavy atom. The molecule has 2 aliphatic heterocycles. The Labute approximate surface area is 126 Å². The predicted octanol–water partition coefficient (Wildman–Crippen LogP) is -4.37. The summed E-state index contributed by atoms with van der Waals surface area (Å²) in [4.78, 5) is 0. The normalized spacial score (nSPS) is 50.0. The molecule has 0 saturated carbocycles. The number of hydrogen-bond acceptors (Lipinski definition) is 10. The molecule has 10 heteroatoms. The molecule has 0 amide bonds.